The average Bonchev–Trinajstić information content (AvgIpc) is 3.17. The molecule has 3 nitrogen and oxygen atoms in total. The summed E-state index contributed by atoms with van der Waals surface area (Å²) in [5.41, 5.74) is 2.84. The molecule has 5 fully saturated rings. The lowest BCUT2D eigenvalue weighted by Gasteiger charge is -2.54. The molecule has 6 rings (SSSR count). The van der Waals surface area contributed by atoms with Crippen LogP contribution in [0.5, 0.6) is 0 Å². The van der Waals surface area contributed by atoms with Crippen LogP contribution in [0, 0.1) is 23.7 Å². The van der Waals surface area contributed by atoms with Crippen LogP contribution in [0.2, 0.25) is 0 Å². The Morgan fingerprint density at radius 3 is 2.15 bits per heavy atom. The summed E-state index contributed by atoms with van der Waals surface area (Å²) in [6.07, 6.45) is 9.78. The minimum Gasteiger partial charge on any atom is -0.309 e. The number of hydrogen-bond donors (Lipinski definition) is 1. The third-order valence-corrected chi connectivity index (χ3v) is 6.71. The van der Waals surface area contributed by atoms with Gasteiger partial charge in [0.2, 0.25) is 0 Å². The highest BCUT2D eigenvalue weighted by atomic mass is 16.1. The average molecular weight is 272 g/mol. The number of nitrogens with one attached hydrogen (secondary N) is 1. The highest BCUT2D eigenvalue weighted by molar-refractivity contribution is 5.28. The van der Waals surface area contributed by atoms with Gasteiger partial charge in [0.25, 0.3) is 0 Å². The van der Waals surface area contributed by atoms with Crippen LogP contribution in [0.3, 0.4) is 0 Å². The molecule has 1 aromatic heterocycles. The smallest absolute Gasteiger partial charge is 0.309 e. The Balaban J connectivity index is 1.60. The van der Waals surface area contributed by atoms with Crippen molar-refractivity contribution in [3.05, 3.63) is 21.9 Å². The maximum atomic E-state index is 12.1. The molecule has 0 atom stereocenters. The molecule has 1 heterocycles. The molecule has 0 amide bonds. The number of imidazole rings is 1. The number of hydrogen-bond acceptors (Lipinski definition) is 1. The van der Waals surface area contributed by atoms with E-state index in [0.29, 0.717) is 11.8 Å². The van der Waals surface area contributed by atoms with Gasteiger partial charge in [-0.05, 0) is 68.6 Å². The van der Waals surface area contributed by atoms with Gasteiger partial charge in [0.1, 0.15) is 0 Å². The van der Waals surface area contributed by atoms with E-state index in [2.05, 4.69) is 4.98 Å². The van der Waals surface area contributed by atoms with E-state index >= 15 is 0 Å². The van der Waals surface area contributed by atoms with Gasteiger partial charge >= 0.3 is 5.69 Å². The lowest BCUT2D eigenvalue weighted by atomic mass is 9.51. The van der Waals surface area contributed by atoms with Crippen molar-refractivity contribution in [2.24, 2.45) is 30.7 Å². The predicted molar refractivity (Wildman–Crippen MR) is 77.8 cm³/mol. The van der Waals surface area contributed by atoms with Crippen LogP contribution >= 0.6 is 0 Å². The molecule has 5 aliphatic rings. The van der Waals surface area contributed by atoms with E-state index in [1.165, 1.54) is 56.3 Å². The molecule has 4 bridgehead atoms. The summed E-state index contributed by atoms with van der Waals surface area (Å²) in [5.74, 6) is 5.09. The van der Waals surface area contributed by atoms with E-state index < -0.39 is 0 Å². The van der Waals surface area contributed by atoms with Crippen molar-refractivity contribution >= 4 is 0 Å². The van der Waals surface area contributed by atoms with Gasteiger partial charge in [0.15, 0.2) is 0 Å². The number of H-pyrrole nitrogens is 1. The number of rotatable bonds is 2. The molecular weight excluding hydrogens is 248 g/mol. The summed E-state index contributed by atoms with van der Waals surface area (Å²) in [5, 5.41) is 0. The minimum atomic E-state index is 0.121. The Morgan fingerprint density at radius 2 is 1.60 bits per heavy atom. The third-order valence-electron chi connectivity index (χ3n) is 6.71. The van der Waals surface area contributed by atoms with Gasteiger partial charge in [-0.25, -0.2) is 4.79 Å². The molecule has 3 heteroatoms. The second-order valence-electron chi connectivity index (χ2n) is 8.02. The van der Waals surface area contributed by atoms with Crippen LogP contribution in [0.4, 0.5) is 0 Å². The molecule has 1 N–H and O–H groups in total. The van der Waals surface area contributed by atoms with Crippen molar-refractivity contribution < 1.29 is 0 Å². The highest BCUT2D eigenvalue weighted by Crippen LogP contribution is 2.60. The fourth-order valence-corrected chi connectivity index (χ4v) is 6.05. The number of aromatic nitrogens is 2. The first-order chi connectivity index (χ1) is 9.70. The zero-order valence-corrected chi connectivity index (χ0v) is 12.3. The Hall–Kier alpha value is -0.990. The van der Waals surface area contributed by atoms with Gasteiger partial charge in [-0.15, -0.1) is 0 Å². The Labute approximate surface area is 119 Å². The van der Waals surface area contributed by atoms with Crippen molar-refractivity contribution in [3.8, 4) is 0 Å². The molecule has 5 aliphatic carbocycles. The lowest BCUT2D eigenvalue weighted by molar-refractivity contribution is -0.00439. The molecule has 0 radical (unpaired) electrons. The zero-order valence-electron chi connectivity index (χ0n) is 12.3. The second-order valence-corrected chi connectivity index (χ2v) is 8.02. The van der Waals surface area contributed by atoms with Gasteiger partial charge < -0.3 is 4.98 Å². The minimum absolute atomic E-state index is 0.121. The number of nitrogens with zero attached hydrogens (tertiary/aromatic N) is 1. The molecule has 0 aliphatic heterocycles. The van der Waals surface area contributed by atoms with Crippen molar-refractivity contribution in [2.45, 2.75) is 56.8 Å². The quantitative estimate of drug-likeness (QED) is 0.882. The summed E-state index contributed by atoms with van der Waals surface area (Å²) in [4.78, 5) is 15.4. The summed E-state index contributed by atoms with van der Waals surface area (Å²) < 4.78 is 1.91. The molecule has 108 valence electrons. The van der Waals surface area contributed by atoms with Crippen LogP contribution in [-0.4, -0.2) is 9.55 Å². The van der Waals surface area contributed by atoms with Crippen molar-refractivity contribution in [1.82, 2.24) is 9.55 Å². The maximum absolute atomic E-state index is 12.1. The van der Waals surface area contributed by atoms with E-state index in [9.17, 15) is 4.79 Å². The van der Waals surface area contributed by atoms with Crippen LogP contribution in [0.25, 0.3) is 0 Å². The fourth-order valence-electron chi connectivity index (χ4n) is 6.05. The van der Waals surface area contributed by atoms with Gasteiger partial charge in [-0.1, -0.05) is 0 Å². The zero-order chi connectivity index (χ0) is 13.4. The summed E-state index contributed by atoms with van der Waals surface area (Å²) in [6, 6.07) is 0. The fraction of sp³-hybridized carbons (Fsp3) is 0.824. The number of aromatic amines is 1. The lowest BCUT2D eigenvalue weighted by Crippen LogP contribution is -2.44. The monoisotopic (exact) mass is 272 g/mol. The van der Waals surface area contributed by atoms with E-state index in [4.69, 9.17) is 0 Å². The molecule has 0 unspecified atom stereocenters. The second kappa shape index (κ2) is 3.80. The van der Waals surface area contributed by atoms with Gasteiger partial charge in [0.05, 0.1) is 0 Å². The Morgan fingerprint density at radius 1 is 1.00 bits per heavy atom. The first kappa shape index (κ1) is 11.6. The summed E-state index contributed by atoms with van der Waals surface area (Å²) in [6.45, 7) is 0. The van der Waals surface area contributed by atoms with Gasteiger partial charge in [0, 0.05) is 30.3 Å². The highest BCUT2D eigenvalue weighted by Gasteiger charge is 2.50. The van der Waals surface area contributed by atoms with Crippen molar-refractivity contribution in [1.29, 1.82) is 0 Å². The maximum Gasteiger partial charge on any atom is 0.325 e. The normalized spacial score (nSPS) is 42.4. The Kier molecular flexibility index (Phi) is 2.22. The predicted octanol–water partition coefficient (Wildman–Crippen LogP) is 3.13. The molecule has 5 saturated carbocycles. The molecule has 20 heavy (non-hydrogen) atoms. The largest absolute Gasteiger partial charge is 0.325 e. The van der Waals surface area contributed by atoms with Gasteiger partial charge in [-0.3, -0.25) is 4.57 Å². The van der Waals surface area contributed by atoms with Gasteiger partial charge in [-0.2, -0.15) is 0 Å². The van der Waals surface area contributed by atoms with Crippen molar-refractivity contribution in [2.75, 3.05) is 0 Å². The van der Waals surface area contributed by atoms with Crippen LogP contribution in [0.1, 0.15) is 68.2 Å². The molecule has 0 saturated heterocycles. The molecule has 0 aromatic carbocycles. The van der Waals surface area contributed by atoms with Crippen LogP contribution in [-0.2, 0) is 7.05 Å². The van der Waals surface area contributed by atoms with Crippen LogP contribution in [0.15, 0.2) is 4.79 Å². The standard InChI is InChI=1S/C17H24N2O/c1-19-16(11-2-3-11)15(18-17(19)20)14-12-5-9-4-10(7-12)8-13(14)6-9/h9-14H,2-8H2,1H3,(H,18,20). The first-order valence-corrected chi connectivity index (χ1v) is 8.49. The topological polar surface area (TPSA) is 37.8 Å². The van der Waals surface area contributed by atoms with E-state index in [0.717, 1.165) is 23.7 Å². The molecule has 1 aromatic rings. The SMILES string of the molecule is Cn1c(C2CC2)c(C2C3CC4CC(C3)CC2C4)[nH]c1=O. The summed E-state index contributed by atoms with van der Waals surface area (Å²) in [7, 11) is 1.96. The molecule has 0 spiro atoms. The summed E-state index contributed by atoms with van der Waals surface area (Å²) >= 11 is 0. The van der Waals surface area contributed by atoms with E-state index in [1.807, 2.05) is 11.6 Å². The van der Waals surface area contributed by atoms with Crippen molar-refractivity contribution in [3.63, 3.8) is 0 Å². The van der Waals surface area contributed by atoms with E-state index in [1.54, 1.807) is 0 Å². The Bertz CT molecular complexity index is 579. The van der Waals surface area contributed by atoms with Crippen LogP contribution < -0.4 is 5.69 Å². The van der Waals surface area contributed by atoms with E-state index in [-0.39, 0.29) is 5.69 Å². The third kappa shape index (κ3) is 1.49. The first-order valence-electron chi connectivity index (χ1n) is 8.49. The molecular formula is C17H24N2O.